The molecule has 6 nitrogen and oxygen atoms in total. The van der Waals surface area contributed by atoms with E-state index in [1.807, 2.05) is 6.92 Å². The lowest BCUT2D eigenvalue weighted by molar-refractivity contribution is -0.117. The molecule has 0 spiro atoms. The zero-order valence-corrected chi connectivity index (χ0v) is 16.3. The average molecular weight is 394 g/mol. The zero-order valence-electron chi connectivity index (χ0n) is 15.5. The molecule has 0 aliphatic carbocycles. The highest BCUT2D eigenvalue weighted by Crippen LogP contribution is 2.24. The summed E-state index contributed by atoms with van der Waals surface area (Å²) in [4.78, 5) is 12.8. The molecule has 1 atom stereocenters. The lowest BCUT2D eigenvalue weighted by atomic mass is 10.1. The molecule has 0 saturated carbocycles. The fraction of sp³-hybridized carbons (Fsp3) is 0.316. The van der Waals surface area contributed by atoms with E-state index < -0.39 is 27.8 Å². The van der Waals surface area contributed by atoms with Gasteiger partial charge in [0.15, 0.2) is 0 Å². The van der Waals surface area contributed by atoms with Gasteiger partial charge in [-0.3, -0.25) is 9.10 Å². The van der Waals surface area contributed by atoms with Crippen LogP contribution in [-0.2, 0) is 14.8 Å². The molecule has 8 heteroatoms. The van der Waals surface area contributed by atoms with Crippen molar-refractivity contribution < 1.29 is 22.3 Å². The summed E-state index contributed by atoms with van der Waals surface area (Å²) in [6.45, 7) is 4.12. The molecule has 2 rings (SSSR count). The lowest BCUT2D eigenvalue weighted by Crippen LogP contribution is -2.47. The number of ether oxygens (including phenoxy) is 1. The van der Waals surface area contributed by atoms with Crippen LogP contribution in [0.2, 0.25) is 0 Å². The van der Waals surface area contributed by atoms with Crippen molar-refractivity contribution in [2.45, 2.75) is 26.3 Å². The summed E-state index contributed by atoms with van der Waals surface area (Å²) in [7, 11) is -3.76. The van der Waals surface area contributed by atoms with Crippen LogP contribution in [0.4, 0.5) is 15.8 Å². The van der Waals surface area contributed by atoms with Gasteiger partial charge in [0.25, 0.3) is 0 Å². The second kappa shape index (κ2) is 8.85. The number of amides is 1. The van der Waals surface area contributed by atoms with Gasteiger partial charge in [-0.05, 0) is 61.9 Å². The van der Waals surface area contributed by atoms with E-state index in [-0.39, 0.29) is 12.1 Å². The Morgan fingerprint density at radius 2 is 1.70 bits per heavy atom. The number of hydrogen-bond donors (Lipinski definition) is 1. The molecule has 0 heterocycles. The van der Waals surface area contributed by atoms with E-state index in [4.69, 9.17) is 4.74 Å². The van der Waals surface area contributed by atoms with Crippen LogP contribution in [0.3, 0.4) is 0 Å². The largest absolute Gasteiger partial charge is 0.494 e. The van der Waals surface area contributed by atoms with Crippen molar-refractivity contribution in [2.24, 2.45) is 0 Å². The highest BCUT2D eigenvalue weighted by atomic mass is 32.2. The van der Waals surface area contributed by atoms with Crippen molar-refractivity contribution in [1.29, 1.82) is 0 Å². The number of hydrogen-bond acceptors (Lipinski definition) is 4. The van der Waals surface area contributed by atoms with Gasteiger partial charge in [0.2, 0.25) is 15.9 Å². The van der Waals surface area contributed by atoms with Crippen LogP contribution in [0.1, 0.15) is 20.3 Å². The van der Waals surface area contributed by atoms with Crippen LogP contribution < -0.4 is 14.4 Å². The van der Waals surface area contributed by atoms with Crippen molar-refractivity contribution in [2.75, 3.05) is 22.5 Å². The third kappa shape index (κ3) is 5.43. The Bertz CT molecular complexity index is 868. The van der Waals surface area contributed by atoms with Crippen molar-refractivity contribution in [3.05, 3.63) is 54.3 Å². The summed E-state index contributed by atoms with van der Waals surface area (Å²) in [6, 6.07) is 10.8. The molecule has 0 bridgehead atoms. The van der Waals surface area contributed by atoms with Crippen molar-refractivity contribution in [3.63, 3.8) is 0 Å². The van der Waals surface area contributed by atoms with E-state index >= 15 is 0 Å². The quantitative estimate of drug-likeness (QED) is 0.745. The summed E-state index contributed by atoms with van der Waals surface area (Å²) in [5.41, 5.74) is 0.752. The van der Waals surface area contributed by atoms with Gasteiger partial charge < -0.3 is 10.1 Å². The monoisotopic (exact) mass is 394 g/mol. The van der Waals surface area contributed by atoms with Crippen LogP contribution in [0.15, 0.2) is 48.5 Å². The molecule has 146 valence electrons. The molecule has 0 fully saturated rings. The van der Waals surface area contributed by atoms with Crippen LogP contribution in [0, 0.1) is 5.82 Å². The van der Waals surface area contributed by atoms with Crippen molar-refractivity contribution in [1.82, 2.24) is 0 Å². The molecular formula is C19H23FN2O4S. The SMILES string of the molecule is CCOc1ccc(NC(=O)[C@H](CC)N(c2ccc(F)cc2)S(C)(=O)=O)cc1. The molecule has 0 aliphatic heterocycles. The first kappa shape index (κ1) is 20.7. The maximum Gasteiger partial charge on any atom is 0.248 e. The topological polar surface area (TPSA) is 75.7 Å². The highest BCUT2D eigenvalue weighted by molar-refractivity contribution is 7.92. The predicted octanol–water partition coefficient (Wildman–Crippen LogP) is 3.41. The number of carbonyl (C=O) groups excluding carboxylic acids is 1. The molecule has 2 aromatic carbocycles. The zero-order chi connectivity index (χ0) is 20.0. The molecule has 0 aromatic heterocycles. The third-order valence-corrected chi connectivity index (χ3v) is 5.02. The number of anilines is 2. The molecule has 0 radical (unpaired) electrons. The number of benzene rings is 2. The number of sulfonamides is 1. The summed E-state index contributed by atoms with van der Waals surface area (Å²) in [6.07, 6.45) is 1.26. The first-order valence-electron chi connectivity index (χ1n) is 8.55. The number of carbonyl (C=O) groups is 1. The van der Waals surface area contributed by atoms with Crippen LogP contribution in [0.25, 0.3) is 0 Å². The molecular weight excluding hydrogens is 371 g/mol. The maximum absolute atomic E-state index is 13.2. The first-order valence-corrected chi connectivity index (χ1v) is 10.4. The Labute approximate surface area is 159 Å². The second-order valence-electron chi connectivity index (χ2n) is 5.91. The Kier molecular flexibility index (Phi) is 6.79. The Balaban J connectivity index is 2.27. The number of halogens is 1. The smallest absolute Gasteiger partial charge is 0.248 e. The van der Waals surface area contributed by atoms with Gasteiger partial charge in [0, 0.05) is 5.69 Å². The summed E-state index contributed by atoms with van der Waals surface area (Å²) >= 11 is 0. The predicted molar refractivity (Wildman–Crippen MR) is 104 cm³/mol. The molecule has 0 saturated heterocycles. The van der Waals surface area contributed by atoms with Crippen LogP contribution >= 0.6 is 0 Å². The van der Waals surface area contributed by atoms with Gasteiger partial charge in [-0.2, -0.15) is 0 Å². The van der Waals surface area contributed by atoms with Gasteiger partial charge in [0.05, 0.1) is 18.6 Å². The fourth-order valence-electron chi connectivity index (χ4n) is 2.68. The lowest BCUT2D eigenvalue weighted by Gasteiger charge is -2.30. The summed E-state index contributed by atoms with van der Waals surface area (Å²) in [5.74, 6) is -0.290. The number of nitrogens with one attached hydrogen (secondary N) is 1. The fourth-order valence-corrected chi connectivity index (χ4v) is 3.89. The second-order valence-corrected chi connectivity index (χ2v) is 7.77. The van der Waals surface area contributed by atoms with Crippen LogP contribution in [-0.4, -0.2) is 33.2 Å². The molecule has 1 amide bonds. The van der Waals surface area contributed by atoms with E-state index in [0.717, 1.165) is 22.7 Å². The molecule has 0 unspecified atom stereocenters. The number of nitrogens with zero attached hydrogens (tertiary/aromatic N) is 1. The minimum Gasteiger partial charge on any atom is -0.494 e. The van der Waals surface area contributed by atoms with E-state index in [0.29, 0.717) is 18.0 Å². The van der Waals surface area contributed by atoms with E-state index in [1.54, 1.807) is 31.2 Å². The van der Waals surface area contributed by atoms with Gasteiger partial charge >= 0.3 is 0 Å². The van der Waals surface area contributed by atoms with Gasteiger partial charge in [-0.25, -0.2) is 12.8 Å². The van der Waals surface area contributed by atoms with Crippen LogP contribution in [0.5, 0.6) is 5.75 Å². The average Bonchev–Trinajstić information content (AvgIpc) is 2.61. The first-order chi connectivity index (χ1) is 12.8. The standard InChI is InChI=1S/C19H23FN2O4S/c1-4-18(19(23)21-15-8-12-17(13-9-15)26-5-2)22(27(3,24)25)16-10-6-14(20)7-11-16/h6-13,18H,4-5H2,1-3H3,(H,21,23)/t18-/m0/s1. The molecule has 2 aromatic rings. The van der Waals surface area contributed by atoms with E-state index in [1.165, 1.54) is 12.1 Å². The number of rotatable bonds is 8. The summed E-state index contributed by atoms with van der Waals surface area (Å²) in [5, 5.41) is 2.72. The Hall–Kier alpha value is -2.61. The summed E-state index contributed by atoms with van der Waals surface area (Å²) < 4.78 is 44.2. The van der Waals surface area contributed by atoms with E-state index in [2.05, 4.69) is 5.32 Å². The molecule has 1 N–H and O–H groups in total. The van der Waals surface area contributed by atoms with Crippen molar-refractivity contribution >= 4 is 27.3 Å². The normalized spacial score (nSPS) is 12.3. The van der Waals surface area contributed by atoms with Gasteiger partial charge in [-0.1, -0.05) is 6.92 Å². The Morgan fingerprint density at radius 3 is 2.19 bits per heavy atom. The minimum absolute atomic E-state index is 0.229. The third-order valence-electron chi connectivity index (χ3n) is 3.84. The van der Waals surface area contributed by atoms with Crippen molar-refractivity contribution in [3.8, 4) is 5.75 Å². The van der Waals surface area contributed by atoms with Gasteiger partial charge in [-0.15, -0.1) is 0 Å². The highest BCUT2D eigenvalue weighted by Gasteiger charge is 2.31. The van der Waals surface area contributed by atoms with Gasteiger partial charge in [0.1, 0.15) is 17.6 Å². The Morgan fingerprint density at radius 1 is 1.11 bits per heavy atom. The maximum atomic E-state index is 13.2. The molecule has 27 heavy (non-hydrogen) atoms. The van der Waals surface area contributed by atoms with E-state index in [9.17, 15) is 17.6 Å². The minimum atomic E-state index is -3.76. The molecule has 0 aliphatic rings.